The van der Waals surface area contributed by atoms with Crippen molar-refractivity contribution in [3.05, 3.63) is 30.1 Å². The van der Waals surface area contributed by atoms with Crippen molar-refractivity contribution < 1.29 is 9.90 Å². The first-order valence-electron chi connectivity index (χ1n) is 4.75. The number of pyridine rings is 1. The lowest BCUT2D eigenvalue weighted by Gasteiger charge is -2.19. The van der Waals surface area contributed by atoms with Gasteiger partial charge in [-0.05, 0) is 11.6 Å². The second-order valence-corrected chi connectivity index (χ2v) is 4.58. The Labute approximate surface area is 92.3 Å². The third-order valence-electron chi connectivity index (χ3n) is 2.31. The summed E-state index contributed by atoms with van der Waals surface area (Å²) >= 11 is 1.48. The largest absolute Gasteiger partial charge is 0.479 e. The third kappa shape index (κ3) is 2.49. The van der Waals surface area contributed by atoms with Gasteiger partial charge in [-0.1, -0.05) is 6.07 Å². The molecule has 2 heterocycles. The van der Waals surface area contributed by atoms with E-state index in [0.29, 0.717) is 6.54 Å². The molecule has 0 aliphatic carbocycles. The molecule has 1 aliphatic rings. The summed E-state index contributed by atoms with van der Waals surface area (Å²) in [5.74, 6) is 0.137. The maximum atomic E-state index is 10.9. The van der Waals surface area contributed by atoms with Gasteiger partial charge in [0.1, 0.15) is 0 Å². The molecule has 1 aliphatic heterocycles. The van der Waals surface area contributed by atoms with Gasteiger partial charge in [0.2, 0.25) is 0 Å². The topological polar surface area (TPSA) is 53.4 Å². The van der Waals surface area contributed by atoms with E-state index in [-0.39, 0.29) is 0 Å². The summed E-state index contributed by atoms with van der Waals surface area (Å²) in [4.78, 5) is 16.9. The molecule has 1 aromatic heterocycles. The van der Waals surface area contributed by atoms with Crippen LogP contribution < -0.4 is 0 Å². The molecule has 0 bridgehead atoms. The Morgan fingerprint density at radius 3 is 3.27 bits per heavy atom. The lowest BCUT2D eigenvalue weighted by molar-refractivity contribution is -0.139. The van der Waals surface area contributed by atoms with Crippen LogP contribution in [0.25, 0.3) is 0 Å². The van der Waals surface area contributed by atoms with Crippen LogP contribution in [0.2, 0.25) is 0 Å². The molecule has 0 amide bonds. The van der Waals surface area contributed by atoms with E-state index in [2.05, 4.69) is 4.98 Å². The number of aromatic nitrogens is 1. The zero-order chi connectivity index (χ0) is 10.7. The second kappa shape index (κ2) is 4.63. The van der Waals surface area contributed by atoms with Gasteiger partial charge in [-0.15, -0.1) is 11.8 Å². The van der Waals surface area contributed by atoms with Gasteiger partial charge in [0.05, 0.1) is 0 Å². The Morgan fingerprint density at radius 2 is 2.60 bits per heavy atom. The average molecular weight is 224 g/mol. The van der Waals surface area contributed by atoms with Gasteiger partial charge < -0.3 is 5.11 Å². The number of carbonyl (C=O) groups is 1. The van der Waals surface area contributed by atoms with Crippen molar-refractivity contribution in [2.75, 3.05) is 12.3 Å². The van der Waals surface area contributed by atoms with E-state index in [1.165, 1.54) is 11.8 Å². The first kappa shape index (κ1) is 10.4. The molecule has 1 atom stereocenters. The van der Waals surface area contributed by atoms with Crippen LogP contribution >= 0.6 is 11.8 Å². The normalized spacial score (nSPS) is 21.7. The minimum absolute atomic E-state index is 0.398. The van der Waals surface area contributed by atoms with Crippen LogP contribution in [0.15, 0.2) is 24.5 Å². The summed E-state index contributed by atoms with van der Waals surface area (Å²) in [5.41, 5.74) is 1.06. The fourth-order valence-electron chi connectivity index (χ4n) is 1.62. The minimum atomic E-state index is -0.749. The van der Waals surface area contributed by atoms with E-state index in [0.717, 1.165) is 17.9 Å². The van der Waals surface area contributed by atoms with Gasteiger partial charge in [0.15, 0.2) is 5.37 Å². The van der Waals surface area contributed by atoms with E-state index in [1.807, 2.05) is 17.0 Å². The monoisotopic (exact) mass is 224 g/mol. The smallest absolute Gasteiger partial charge is 0.331 e. The number of nitrogens with zero attached hydrogens (tertiary/aromatic N) is 2. The number of thioether (sulfide) groups is 1. The first-order chi connectivity index (χ1) is 7.27. The number of carboxylic acid groups (broad SMARTS) is 1. The van der Waals surface area contributed by atoms with Crippen molar-refractivity contribution in [2.45, 2.75) is 11.9 Å². The van der Waals surface area contributed by atoms with Crippen LogP contribution in [0.5, 0.6) is 0 Å². The standard InChI is InChI=1S/C10H12N2O2S/c13-10(14)9-12(4-5-15-9)7-8-2-1-3-11-6-8/h1-3,6,9H,4-5,7H2,(H,13,14). The molecule has 1 unspecified atom stereocenters. The molecule has 1 aromatic rings. The number of carboxylic acids is 1. The van der Waals surface area contributed by atoms with Gasteiger partial charge in [0.25, 0.3) is 0 Å². The predicted octanol–water partition coefficient (Wildman–Crippen LogP) is 1.04. The molecule has 0 aromatic carbocycles. The maximum Gasteiger partial charge on any atom is 0.331 e. The van der Waals surface area contributed by atoms with Gasteiger partial charge in [-0.25, -0.2) is 4.79 Å². The summed E-state index contributed by atoms with van der Waals surface area (Å²) in [5, 5.41) is 8.59. The van der Waals surface area contributed by atoms with Crippen LogP contribution in [0.3, 0.4) is 0 Å². The molecule has 0 saturated carbocycles. The lowest BCUT2D eigenvalue weighted by Crippen LogP contribution is -2.33. The Kier molecular flexibility index (Phi) is 3.23. The highest BCUT2D eigenvalue weighted by Gasteiger charge is 2.30. The van der Waals surface area contributed by atoms with Crippen LogP contribution in [-0.4, -0.2) is 38.6 Å². The third-order valence-corrected chi connectivity index (χ3v) is 3.54. The molecule has 80 valence electrons. The van der Waals surface area contributed by atoms with Crippen LogP contribution in [0.4, 0.5) is 0 Å². The number of hydrogen-bond acceptors (Lipinski definition) is 4. The van der Waals surface area contributed by atoms with Gasteiger partial charge in [-0.3, -0.25) is 9.88 Å². The molecule has 1 fully saturated rings. The van der Waals surface area contributed by atoms with Crippen molar-refractivity contribution in [2.24, 2.45) is 0 Å². The highest BCUT2D eigenvalue weighted by Crippen LogP contribution is 2.25. The van der Waals surface area contributed by atoms with Crippen molar-refractivity contribution in [1.29, 1.82) is 0 Å². The van der Waals surface area contributed by atoms with Crippen LogP contribution in [-0.2, 0) is 11.3 Å². The lowest BCUT2D eigenvalue weighted by atomic mass is 10.2. The molecule has 15 heavy (non-hydrogen) atoms. The quantitative estimate of drug-likeness (QED) is 0.831. The highest BCUT2D eigenvalue weighted by atomic mass is 32.2. The summed E-state index contributed by atoms with van der Waals surface area (Å²) < 4.78 is 0. The molecule has 0 radical (unpaired) electrons. The SMILES string of the molecule is O=C(O)C1SCCN1Cc1cccnc1. The molecular formula is C10H12N2O2S. The van der Waals surface area contributed by atoms with Crippen molar-refractivity contribution >= 4 is 17.7 Å². The molecule has 2 rings (SSSR count). The van der Waals surface area contributed by atoms with Crippen LogP contribution in [0, 0.1) is 0 Å². The van der Waals surface area contributed by atoms with E-state index in [4.69, 9.17) is 5.11 Å². The summed E-state index contributed by atoms with van der Waals surface area (Å²) in [6.07, 6.45) is 3.50. The number of aliphatic carboxylic acids is 1. The summed E-state index contributed by atoms with van der Waals surface area (Å²) in [7, 11) is 0. The molecular weight excluding hydrogens is 212 g/mol. The number of hydrogen-bond donors (Lipinski definition) is 1. The van der Waals surface area contributed by atoms with Gasteiger partial charge >= 0.3 is 5.97 Å². The summed E-state index contributed by atoms with van der Waals surface area (Å²) in [6.45, 7) is 1.49. The average Bonchev–Trinajstić information content (AvgIpc) is 2.67. The Bertz CT molecular complexity index is 345. The molecule has 5 heteroatoms. The van der Waals surface area contributed by atoms with Crippen LogP contribution in [0.1, 0.15) is 5.56 Å². The van der Waals surface area contributed by atoms with E-state index < -0.39 is 11.3 Å². The molecule has 4 nitrogen and oxygen atoms in total. The summed E-state index contributed by atoms with van der Waals surface area (Å²) in [6, 6.07) is 3.84. The van der Waals surface area contributed by atoms with Crippen molar-refractivity contribution in [1.82, 2.24) is 9.88 Å². The Hall–Kier alpha value is -1.07. The Balaban J connectivity index is 2.03. The number of rotatable bonds is 3. The van der Waals surface area contributed by atoms with Gasteiger partial charge in [0, 0.05) is 31.2 Å². The molecule has 0 spiro atoms. The van der Waals surface area contributed by atoms with Crippen molar-refractivity contribution in [3.8, 4) is 0 Å². The maximum absolute atomic E-state index is 10.9. The van der Waals surface area contributed by atoms with Gasteiger partial charge in [-0.2, -0.15) is 0 Å². The Morgan fingerprint density at radius 1 is 1.73 bits per heavy atom. The fourth-order valence-corrected chi connectivity index (χ4v) is 2.72. The highest BCUT2D eigenvalue weighted by molar-refractivity contribution is 8.00. The second-order valence-electron chi connectivity index (χ2n) is 3.39. The minimum Gasteiger partial charge on any atom is -0.479 e. The first-order valence-corrected chi connectivity index (χ1v) is 5.79. The predicted molar refractivity (Wildman–Crippen MR) is 58.5 cm³/mol. The van der Waals surface area contributed by atoms with E-state index in [1.54, 1.807) is 12.4 Å². The van der Waals surface area contributed by atoms with E-state index >= 15 is 0 Å². The zero-order valence-electron chi connectivity index (χ0n) is 8.17. The van der Waals surface area contributed by atoms with Crippen molar-refractivity contribution in [3.63, 3.8) is 0 Å². The molecule has 1 saturated heterocycles. The van der Waals surface area contributed by atoms with E-state index in [9.17, 15) is 4.79 Å². The molecule has 1 N–H and O–H groups in total. The fraction of sp³-hybridized carbons (Fsp3) is 0.400. The zero-order valence-corrected chi connectivity index (χ0v) is 8.98.